The van der Waals surface area contributed by atoms with Crippen LogP contribution < -0.4 is 5.32 Å². The van der Waals surface area contributed by atoms with Gasteiger partial charge < -0.3 is 10.2 Å². The molecular formula is C12H22N2. The van der Waals surface area contributed by atoms with Crippen molar-refractivity contribution in [3.8, 4) is 12.3 Å². The van der Waals surface area contributed by atoms with Crippen molar-refractivity contribution in [2.45, 2.75) is 26.2 Å². The molecule has 2 heteroatoms. The summed E-state index contributed by atoms with van der Waals surface area (Å²) in [7, 11) is 0. The van der Waals surface area contributed by atoms with Crippen LogP contribution in [0.15, 0.2) is 0 Å². The standard InChI is InChI=1S/C12H22N2/c1-3-7-13-8-10-14-9-5-6-12(4-2)11-14/h1,12-13H,4-11H2,2H3. The van der Waals surface area contributed by atoms with Gasteiger partial charge in [-0.2, -0.15) is 0 Å². The van der Waals surface area contributed by atoms with Crippen LogP contribution in [-0.2, 0) is 0 Å². The van der Waals surface area contributed by atoms with Crippen LogP contribution in [0.25, 0.3) is 0 Å². The summed E-state index contributed by atoms with van der Waals surface area (Å²) in [5.74, 6) is 3.52. The van der Waals surface area contributed by atoms with Gasteiger partial charge in [-0.15, -0.1) is 6.42 Å². The summed E-state index contributed by atoms with van der Waals surface area (Å²) >= 11 is 0. The average Bonchev–Trinajstić information content (AvgIpc) is 2.25. The number of hydrogen-bond donors (Lipinski definition) is 1. The lowest BCUT2D eigenvalue weighted by Gasteiger charge is -2.32. The van der Waals surface area contributed by atoms with E-state index in [0.717, 1.165) is 19.0 Å². The van der Waals surface area contributed by atoms with E-state index in [0.29, 0.717) is 6.54 Å². The second-order valence-corrected chi connectivity index (χ2v) is 4.10. The van der Waals surface area contributed by atoms with Crippen molar-refractivity contribution in [1.82, 2.24) is 10.2 Å². The summed E-state index contributed by atoms with van der Waals surface area (Å²) < 4.78 is 0. The van der Waals surface area contributed by atoms with E-state index in [2.05, 4.69) is 23.1 Å². The molecule has 1 fully saturated rings. The molecule has 80 valence electrons. The van der Waals surface area contributed by atoms with Gasteiger partial charge in [0, 0.05) is 19.6 Å². The fraction of sp³-hybridized carbons (Fsp3) is 0.833. The van der Waals surface area contributed by atoms with E-state index in [1.807, 2.05) is 0 Å². The first-order valence-electron chi connectivity index (χ1n) is 5.73. The van der Waals surface area contributed by atoms with Crippen LogP contribution in [0.2, 0.25) is 0 Å². The van der Waals surface area contributed by atoms with Gasteiger partial charge in [-0.1, -0.05) is 19.3 Å². The molecule has 1 heterocycles. The van der Waals surface area contributed by atoms with Crippen molar-refractivity contribution < 1.29 is 0 Å². The van der Waals surface area contributed by atoms with E-state index >= 15 is 0 Å². The third-order valence-corrected chi connectivity index (χ3v) is 3.01. The van der Waals surface area contributed by atoms with Crippen LogP contribution in [0.5, 0.6) is 0 Å². The third-order valence-electron chi connectivity index (χ3n) is 3.01. The van der Waals surface area contributed by atoms with Gasteiger partial charge in [0.15, 0.2) is 0 Å². The SMILES string of the molecule is C#CCNCCN1CCCC(CC)C1. The fourth-order valence-electron chi connectivity index (χ4n) is 2.09. The second kappa shape index (κ2) is 6.86. The molecule has 0 aliphatic carbocycles. The van der Waals surface area contributed by atoms with Crippen molar-refractivity contribution in [2.24, 2.45) is 5.92 Å². The molecule has 1 unspecified atom stereocenters. The Morgan fingerprint density at radius 3 is 3.14 bits per heavy atom. The Morgan fingerprint density at radius 1 is 1.57 bits per heavy atom. The van der Waals surface area contributed by atoms with Crippen LogP contribution in [0.4, 0.5) is 0 Å². The topological polar surface area (TPSA) is 15.3 Å². The molecule has 2 nitrogen and oxygen atoms in total. The first-order chi connectivity index (χ1) is 6.86. The number of nitrogens with zero attached hydrogens (tertiary/aromatic N) is 1. The minimum atomic E-state index is 0.699. The van der Waals surface area contributed by atoms with Crippen LogP contribution in [0.3, 0.4) is 0 Å². The van der Waals surface area contributed by atoms with Gasteiger partial charge in [-0.25, -0.2) is 0 Å². The molecule has 1 atom stereocenters. The molecule has 1 saturated heterocycles. The number of rotatable bonds is 5. The molecule has 0 spiro atoms. The maximum Gasteiger partial charge on any atom is 0.0574 e. The molecule has 0 aromatic rings. The first-order valence-corrected chi connectivity index (χ1v) is 5.73. The molecule has 0 radical (unpaired) electrons. The molecule has 1 aliphatic heterocycles. The van der Waals surface area contributed by atoms with Gasteiger partial charge in [0.1, 0.15) is 0 Å². The normalized spacial score (nSPS) is 23.3. The van der Waals surface area contributed by atoms with Crippen molar-refractivity contribution >= 4 is 0 Å². The Hall–Kier alpha value is -0.520. The first kappa shape index (κ1) is 11.6. The predicted molar refractivity (Wildman–Crippen MR) is 61.2 cm³/mol. The minimum Gasteiger partial charge on any atom is -0.305 e. The highest BCUT2D eigenvalue weighted by Crippen LogP contribution is 2.18. The van der Waals surface area contributed by atoms with E-state index in [9.17, 15) is 0 Å². The van der Waals surface area contributed by atoms with E-state index in [1.54, 1.807) is 0 Å². The lowest BCUT2D eigenvalue weighted by molar-refractivity contribution is 0.173. The summed E-state index contributed by atoms with van der Waals surface area (Å²) in [5.41, 5.74) is 0. The van der Waals surface area contributed by atoms with Gasteiger partial charge in [-0.3, -0.25) is 0 Å². The van der Waals surface area contributed by atoms with Crippen molar-refractivity contribution in [3.63, 3.8) is 0 Å². The molecule has 1 aliphatic rings. The lowest BCUT2D eigenvalue weighted by Crippen LogP contribution is -2.39. The van der Waals surface area contributed by atoms with Gasteiger partial charge >= 0.3 is 0 Å². The monoisotopic (exact) mass is 194 g/mol. The van der Waals surface area contributed by atoms with E-state index in [4.69, 9.17) is 6.42 Å². The van der Waals surface area contributed by atoms with Crippen molar-refractivity contribution in [3.05, 3.63) is 0 Å². The number of likely N-dealkylation sites (tertiary alicyclic amines) is 1. The highest BCUT2D eigenvalue weighted by atomic mass is 15.1. The van der Waals surface area contributed by atoms with Gasteiger partial charge in [-0.05, 0) is 25.3 Å². The van der Waals surface area contributed by atoms with Gasteiger partial charge in [0.25, 0.3) is 0 Å². The zero-order valence-electron chi connectivity index (χ0n) is 9.26. The zero-order valence-corrected chi connectivity index (χ0v) is 9.26. The molecular weight excluding hydrogens is 172 g/mol. The van der Waals surface area contributed by atoms with Crippen LogP contribution in [0, 0.1) is 18.3 Å². The quantitative estimate of drug-likeness (QED) is 0.525. The molecule has 1 N–H and O–H groups in total. The second-order valence-electron chi connectivity index (χ2n) is 4.10. The van der Waals surface area contributed by atoms with E-state index < -0.39 is 0 Å². The van der Waals surface area contributed by atoms with Gasteiger partial charge in [0.2, 0.25) is 0 Å². The predicted octanol–water partition coefficient (Wildman–Crippen LogP) is 1.33. The summed E-state index contributed by atoms with van der Waals surface area (Å²) in [6.07, 6.45) is 9.28. The van der Waals surface area contributed by atoms with Crippen LogP contribution >= 0.6 is 0 Å². The van der Waals surface area contributed by atoms with E-state index in [-0.39, 0.29) is 0 Å². The molecule has 0 aromatic carbocycles. The number of nitrogens with one attached hydrogen (secondary N) is 1. The third kappa shape index (κ3) is 4.13. The Bertz CT molecular complexity index is 183. The number of terminal acetylenes is 1. The molecule has 0 aromatic heterocycles. The molecule has 0 saturated carbocycles. The zero-order chi connectivity index (χ0) is 10.2. The minimum absolute atomic E-state index is 0.699. The highest BCUT2D eigenvalue weighted by molar-refractivity contribution is 4.86. The van der Waals surface area contributed by atoms with Crippen molar-refractivity contribution in [2.75, 3.05) is 32.7 Å². The Morgan fingerprint density at radius 2 is 2.43 bits per heavy atom. The Kier molecular flexibility index (Phi) is 5.66. The maximum absolute atomic E-state index is 5.17. The van der Waals surface area contributed by atoms with Crippen LogP contribution in [-0.4, -0.2) is 37.6 Å². The number of piperidine rings is 1. The summed E-state index contributed by atoms with van der Waals surface area (Å²) in [4.78, 5) is 2.56. The van der Waals surface area contributed by atoms with Crippen molar-refractivity contribution in [1.29, 1.82) is 0 Å². The van der Waals surface area contributed by atoms with Gasteiger partial charge in [0.05, 0.1) is 6.54 Å². The van der Waals surface area contributed by atoms with Crippen LogP contribution in [0.1, 0.15) is 26.2 Å². The lowest BCUT2D eigenvalue weighted by atomic mass is 9.96. The Balaban J connectivity index is 2.08. The Labute approximate surface area is 88.1 Å². The number of hydrogen-bond acceptors (Lipinski definition) is 2. The molecule has 0 amide bonds. The average molecular weight is 194 g/mol. The molecule has 14 heavy (non-hydrogen) atoms. The molecule has 0 bridgehead atoms. The largest absolute Gasteiger partial charge is 0.305 e. The fourth-order valence-corrected chi connectivity index (χ4v) is 2.09. The maximum atomic E-state index is 5.17. The summed E-state index contributed by atoms with van der Waals surface area (Å²) in [5, 5.41) is 3.24. The summed E-state index contributed by atoms with van der Waals surface area (Å²) in [6.45, 7) is 7.73. The van der Waals surface area contributed by atoms with E-state index in [1.165, 1.54) is 32.4 Å². The highest BCUT2D eigenvalue weighted by Gasteiger charge is 2.17. The summed E-state index contributed by atoms with van der Waals surface area (Å²) in [6, 6.07) is 0. The molecule has 1 rings (SSSR count). The smallest absolute Gasteiger partial charge is 0.0574 e.